The second-order valence-corrected chi connectivity index (χ2v) is 6.54. The number of carbonyl (C=O) groups is 2. The van der Waals surface area contributed by atoms with Crippen molar-refractivity contribution in [3.8, 4) is 5.75 Å². The van der Waals surface area contributed by atoms with Crippen molar-refractivity contribution in [1.82, 2.24) is 0 Å². The third-order valence-corrected chi connectivity index (χ3v) is 2.84. The molecule has 6 heteroatoms. The molecule has 110 valence electrons. The molecule has 0 heterocycles. The summed E-state index contributed by atoms with van der Waals surface area (Å²) in [5, 5.41) is 2.72. The first-order valence-electron chi connectivity index (χ1n) is 6.15. The first kappa shape index (κ1) is 16.5. The van der Waals surface area contributed by atoms with Crippen LogP contribution in [0.25, 0.3) is 0 Å². The maximum atomic E-state index is 11.9. The number of halogens is 1. The van der Waals surface area contributed by atoms with E-state index < -0.39 is 10.3 Å². The zero-order chi connectivity index (χ0) is 15.3. The van der Waals surface area contributed by atoms with E-state index in [1.807, 2.05) is 6.92 Å². The van der Waals surface area contributed by atoms with Gasteiger partial charge in [-0.1, -0.05) is 15.9 Å². The Bertz CT molecular complexity index is 508. The van der Waals surface area contributed by atoms with Crippen LogP contribution in [0.15, 0.2) is 18.2 Å². The fourth-order valence-electron chi connectivity index (χ4n) is 1.44. The average molecular weight is 344 g/mol. The number of hydrogen-bond acceptors (Lipinski definition) is 4. The van der Waals surface area contributed by atoms with Gasteiger partial charge in [0.05, 0.1) is 18.0 Å². The number of methoxy groups -OCH3 is 1. The Morgan fingerprint density at radius 2 is 2.00 bits per heavy atom. The monoisotopic (exact) mass is 343 g/mol. The topological polar surface area (TPSA) is 64.6 Å². The highest BCUT2D eigenvalue weighted by Gasteiger charge is 2.24. The highest BCUT2D eigenvalue weighted by atomic mass is 79.9. The molecule has 1 aromatic carbocycles. The van der Waals surface area contributed by atoms with Crippen molar-refractivity contribution < 1.29 is 19.1 Å². The molecule has 20 heavy (non-hydrogen) atoms. The van der Waals surface area contributed by atoms with Gasteiger partial charge in [0.15, 0.2) is 0 Å². The maximum absolute atomic E-state index is 11.9. The first-order chi connectivity index (χ1) is 9.29. The number of ether oxygens (including phenoxy) is 2. The molecule has 0 spiro atoms. The van der Waals surface area contributed by atoms with E-state index in [1.165, 1.54) is 13.2 Å². The highest BCUT2D eigenvalue weighted by molar-refractivity contribution is 9.10. The summed E-state index contributed by atoms with van der Waals surface area (Å²) in [7, 11) is 1.30. The van der Waals surface area contributed by atoms with Crippen molar-refractivity contribution in [2.45, 2.75) is 25.1 Å². The lowest BCUT2D eigenvalue weighted by Crippen LogP contribution is -2.31. The Morgan fingerprint density at radius 3 is 2.50 bits per heavy atom. The van der Waals surface area contributed by atoms with Gasteiger partial charge in [-0.25, -0.2) is 4.79 Å². The second kappa shape index (κ2) is 6.74. The molecule has 0 aliphatic heterocycles. The fraction of sp³-hybridized carbons (Fsp3) is 0.429. The molecule has 5 nitrogen and oxygen atoms in total. The zero-order valence-corrected chi connectivity index (χ0v) is 13.5. The molecule has 0 unspecified atom stereocenters. The minimum Gasteiger partial charge on any atom is -0.493 e. The smallest absolute Gasteiger partial charge is 0.341 e. The van der Waals surface area contributed by atoms with Gasteiger partial charge in [-0.15, -0.1) is 0 Å². The van der Waals surface area contributed by atoms with Gasteiger partial charge in [0.25, 0.3) is 0 Å². The number of alkyl halides is 1. The molecular weight excluding hydrogens is 326 g/mol. The van der Waals surface area contributed by atoms with Gasteiger partial charge in [-0.05, 0) is 39.0 Å². The van der Waals surface area contributed by atoms with E-state index in [0.717, 1.165) is 0 Å². The molecule has 0 aromatic heterocycles. The average Bonchev–Trinajstić information content (AvgIpc) is 2.38. The first-order valence-corrected chi connectivity index (χ1v) is 6.94. The Kier molecular flexibility index (Phi) is 5.56. The van der Waals surface area contributed by atoms with Crippen LogP contribution in [0.3, 0.4) is 0 Å². The van der Waals surface area contributed by atoms with Crippen molar-refractivity contribution >= 4 is 33.5 Å². The summed E-state index contributed by atoms with van der Waals surface area (Å²) < 4.78 is 9.38. The molecule has 0 aliphatic carbocycles. The van der Waals surface area contributed by atoms with E-state index in [9.17, 15) is 9.59 Å². The number of carbonyl (C=O) groups excluding carboxylic acids is 2. The van der Waals surface area contributed by atoms with E-state index in [0.29, 0.717) is 18.0 Å². The van der Waals surface area contributed by atoms with Crippen LogP contribution in [0.5, 0.6) is 5.75 Å². The number of benzene rings is 1. The Hall–Kier alpha value is -1.56. The van der Waals surface area contributed by atoms with E-state index in [-0.39, 0.29) is 11.5 Å². The Labute approximate surface area is 126 Å². The number of anilines is 1. The van der Waals surface area contributed by atoms with Crippen LogP contribution < -0.4 is 10.1 Å². The van der Waals surface area contributed by atoms with E-state index in [4.69, 9.17) is 9.47 Å². The summed E-state index contributed by atoms with van der Waals surface area (Å²) in [6.07, 6.45) is 0. The molecule has 1 amide bonds. The predicted molar refractivity (Wildman–Crippen MR) is 80.6 cm³/mol. The normalized spacial score (nSPS) is 10.8. The molecule has 0 aliphatic rings. The summed E-state index contributed by atoms with van der Waals surface area (Å²) in [6.45, 7) is 5.73. The summed E-state index contributed by atoms with van der Waals surface area (Å²) in [5.41, 5.74) is 0.783. The molecular formula is C14H18BrNO4. The van der Waals surface area contributed by atoms with Crippen molar-refractivity contribution in [1.29, 1.82) is 0 Å². The van der Waals surface area contributed by atoms with E-state index in [2.05, 4.69) is 21.2 Å². The van der Waals surface area contributed by atoms with Crippen LogP contribution in [0, 0.1) is 0 Å². The van der Waals surface area contributed by atoms with Gasteiger partial charge in [0, 0.05) is 5.69 Å². The van der Waals surface area contributed by atoms with Gasteiger partial charge >= 0.3 is 5.97 Å². The van der Waals surface area contributed by atoms with Crippen LogP contribution in [0.4, 0.5) is 5.69 Å². The lowest BCUT2D eigenvalue weighted by Gasteiger charge is -2.17. The molecule has 0 radical (unpaired) electrons. The zero-order valence-electron chi connectivity index (χ0n) is 12.0. The van der Waals surface area contributed by atoms with Crippen LogP contribution >= 0.6 is 15.9 Å². The molecule has 1 aromatic rings. The van der Waals surface area contributed by atoms with Crippen molar-refractivity contribution in [3.05, 3.63) is 23.8 Å². The van der Waals surface area contributed by atoms with Gasteiger partial charge in [-0.2, -0.15) is 0 Å². The minimum atomic E-state index is -0.697. The minimum absolute atomic E-state index is 0.211. The Balaban J connectivity index is 3.06. The van der Waals surface area contributed by atoms with Crippen molar-refractivity contribution in [3.63, 3.8) is 0 Å². The predicted octanol–water partition coefficient (Wildman–Crippen LogP) is 2.98. The molecule has 1 rings (SSSR count). The van der Waals surface area contributed by atoms with Gasteiger partial charge in [0.2, 0.25) is 5.91 Å². The molecule has 0 saturated heterocycles. The largest absolute Gasteiger partial charge is 0.493 e. The molecule has 0 bridgehead atoms. The highest BCUT2D eigenvalue weighted by Crippen LogP contribution is 2.25. The van der Waals surface area contributed by atoms with Crippen molar-refractivity contribution in [2.75, 3.05) is 19.0 Å². The third-order valence-electron chi connectivity index (χ3n) is 2.48. The number of rotatable bonds is 5. The molecule has 0 atom stereocenters. The van der Waals surface area contributed by atoms with Gasteiger partial charge in [0.1, 0.15) is 11.3 Å². The number of esters is 1. The van der Waals surface area contributed by atoms with E-state index in [1.54, 1.807) is 26.0 Å². The summed E-state index contributed by atoms with van der Waals surface area (Å²) in [5.74, 6) is -0.296. The van der Waals surface area contributed by atoms with E-state index >= 15 is 0 Å². The summed E-state index contributed by atoms with van der Waals surface area (Å²) in [6, 6.07) is 4.84. The lowest BCUT2D eigenvalue weighted by atomic mass is 10.1. The van der Waals surface area contributed by atoms with Crippen LogP contribution in [0.2, 0.25) is 0 Å². The lowest BCUT2D eigenvalue weighted by molar-refractivity contribution is -0.117. The van der Waals surface area contributed by atoms with Crippen LogP contribution in [-0.4, -0.2) is 29.9 Å². The second-order valence-electron chi connectivity index (χ2n) is 4.56. The van der Waals surface area contributed by atoms with Crippen LogP contribution in [-0.2, 0) is 9.53 Å². The maximum Gasteiger partial charge on any atom is 0.341 e. The van der Waals surface area contributed by atoms with Gasteiger partial charge < -0.3 is 14.8 Å². The Morgan fingerprint density at radius 1 is 1.35 bits per heavy atom. The number of nitrogens with one attached hydrogen (secondary N) is 1. The molecule has 0 saturated carbocycles. The van der Waals surface area contributed by atoms with Crippen molar-refractivity contribution in [2.24, 2.45) is 0 Å². The molecule has 1 N–H and O–H groups in total. The third kappa shape index (κ3) is 4.23. The standard InChI is InChI=1S/C14H18BrNO4/c1-5-20-11-7-6-9(8-10(11)12(17)19-4)16-13(18)14(2,3)15/h6-8H,5H2,1-4H3,(H,16,18). The fourth-order valence-corrected chi connectivity index (χ4v) is 1.54. The van der Waals surface area contributed by atoms with Gasteiger partial charge in [-0.3, -0.25) is 4.79 Å². The quantitative estimate of drug-likeness (QED) is 0.659. The van der Waals surface area contributed by atoms with Crippen LogP contribution in [0.1, 0.15) is 31.1 Å². The summed E-state index contributed by atoms with van der Waals surface area (Å²) in [4.78, 5) is 23.6. The number of amides is 1. The number of hydrogen-bond donors (Lipinski definition) is 1. The summed E-state index contributed by atoms with van der Waals surface area (Å²) >= 11 is 3.27. The SMILES string of the molecule is CCOc1ccc(NC(=O)C(C)(C)Br)cc1C(=O)OC. The molecule has 0 fully saturated rings.